The number of nitrogens with zero attached hydrogens (tertiary/aromatic N) is 1. The van der Waals surface area contributed by atoms with Gasteiger partial charge in [-0.05, 0) is 88.6 Å². The molecule has 31 heavy (non-hydrogen) atoms. The maximum Gasteiger partial charge on any atom is 0.256 e. The number of hydrogen-bond donors (Lipinski definition) is 1. The van der Waals surface area contributed by atoms with E-state index in [1.165, 1.54) is 32.2 Å². The van der Waals surface area contributed by atoms with E-state index >= 15 is 0 Å². The van der Waals surface area contributed by atoms with Gasteiger partial charge in [-0.15, -0.1) is 0 Å². The zero-order valence-corrected chi connectivity index (χ0v) is 19.8. The summed E-state index contributed by atoms with van der Waals surface area (Å²) in [7, 11) is 0. The van der Waals surface area contributed by atoms with E-state index in [0.717, 1.165) is 56.7 Å². The summed E-state index contributed by atoms with van der Waals surface area (Å²) < 4.78 is 12.1. The zero-order chi connectivity index (χ0) is 22.1. The number of carbonyl (C=O) groups is 1. The Morgan fingerprint density at radius 2 is 1.94 bits per heavy atom. The first-order valence-electron chi connectivity index (χ1n) is 12.4. The van der Waals surface area contributed by atoms with Gasteiger partial charge in [-0.2, -0.15) is 0 Å². The second-order valence-electron chi connectivity index (χ2n) is 9.61. The van der Waals surface area contributed by atoms with Crippen LogP contribution in [0.25, 0.3) is 0 Å². The predicted molar refractivity (Wildman–Crippen MR) is 127 cm³/mol. The number of likely N-dealkylation sites (tertiary alicyclic amines) is 1. The number of rotatable bonds is 10. The third kappa shape index (κ3) is 6.95. The van der Waals surface area contributed by atoms with E-state index in [-0.39, 0.29) is 5.91 Å². The lowest BCUT2D eigenvalue weighted by Gasteiger charge is -2.38. The van der Waals surface area contributed by atoms with Gasteiger partial charge in [0.05, 0.1) is 6.61 Å². The fourth-order valence-corrected chi connectivity index (χ4v) is 5.03. The first-order chi connectivity index (χ1) is 15.0. The lowest BCUT2D eigenvalue weighted by Crippen LogP contribution is -2.48. The quantitative estimate of drug-likeness (QED) is 0.488. The van der Waals surface area contributed by atoms with Crippen LogP contribution in [0.4, 0.5) is 5.69 Å². The molecule has 2 fully saturated rings. The SMILES string of the molecule is CCCOC1(C(=O)Nc2ccc(OCCCN3CCCCC3C)cc2)CCCC(C)C1. The second-order valence-corrected chi connectivity index (χ2v) is 9.61. The van der Waals surface area contributed by atoms with Gasteiger partial charge in [0.15, 0.2) is 0 Å². The molecule has 3 rings (SSSR count). The van der Waals surface area contributed by atoms with Gasteiger partial charge >= 0.3 is 0 Å². The Hall–Kier alpha value is -1.59. The molecule has 1 saturated heterocycles. The highest BCUT2D eigenvalue weighted by atomic mass is 16.5. The molecule has 0 spiro atoms. The van der Waals surface area contributed by atoms with Crippen LogP contribution in [0.15, 0.2) is 24.3 Å². The maximum absolute atomic E-state index is 13.1. The molecule has 1 aromatic rings. The summed E-state index contributed by atoms with van der Waals surface area (Å²) >= 11 is 0. The van der Waals surface area contributed by atoms with Crippen LogP contribution in [-0.2, 0) is 9.53 Å². The van der Waals surface area contributed by atoms with Crippen LogP contribution in [0.1, 0.15) is 78.6 Å². The van der Waals surface area contributed by atoms with Gasteiger partial charge in [0.2, 0.25) is 0 Å². The molecule has 5 heteroatoms. The number of nitrogens with one attached hydrogen (secondary N) is 1. The van der Waals surface area contributed by atoms with E-state index in [9.17, 15) is 4.79 Å². The highest BCUT2D eigenvalue weighted by Gasteiger charge is 2.42. The molecule has 5 nitrogen and oxygen atoms in total. The summed E-state index contributed by atoms with van der Waals surface area (Å²) in [5.41, 5.74) is 0.117. The van der Waals surface area contributed by atoms with Crippen molar-refractivity contribution in [2.45, 2.75) is 90.2 Å². The summed E-state index contributed by atoms with van der Waals surface area (Å²) in [5.74, 6) is 1.37. The molecule has 1 aliphatic carbocycles. The number of benzene rings is 1. The molecule has 0 radical (unpaired) electrons. The lowest BCUT2D eigenvalue weighted by molar-refractivity contribution is -0.148. The molecule has 1 aliphatic heterocycles. The summed E-state index contributed by atoms with van der Waals surface area (Å²) in [5, 5.41) is 3.10. The minimum Gasteiger partial charge on any atom is -0.494 e. The maximum atomic E-state index is 13.1. The van der Waals surface area contributed by atoms with Crippen molar-refractivity contribution in [1.29, 1.82) is 0 Å². The Labute approximate surface area is 188 Å². The standard InChI is InChI=1S/C26H42N2O3/c1-4-18-31-26(15-7-9-21(2)20-26)25(29)27-23-11-13-24(14-12-23)30-19-8-17-28-16-6-5-10-22(28)3/h11-14,21-22H,4-10,15-20H2,1-3H3,(H,27,29). The highest BCUT2D eigenvalue weighted by molar-refractivity contribution is 5.97. The van der Waals surface area contributed by atoms with Crippen molar-refractivity contribution in [3.8, 4) is 5.75 Å². The second kappa shape index (κ2) is 11.9. The van der Waals surface area contributed by atoms with Crippen LogP contribution in [0.5, 0.6) is 5.75 Å². The molecule has 0 aromatic heterocycles. The Kier molecular flexibility index (Phi) is 9.21. The Morgan fingerprint density at radius 3 is 2.65 bits per heavy atom. The van der Waals surface area contributed by atoms with E-state index in [0.29, 0.717) is 18.6 Å². The summed E-state index contributed by atoms with van der Waals surface area (Å²) in [4.78, 5) is 15.7. The monoisotopic (exact) mass is 430 g/mol. The number of carbonyl (C=O) groups excluding carboxylic acids is 1. The molecule has 1 aromatic carbocycles. The largest absolute Gasteiger partial charge is 0.494 e. The number of ether oxygens (including phenoxy) is 2. The predicted octanol–water partition coefficient (Wildman–Crippen LogP) is 5.64. The van der Waals surface area contributed by atoms with E-state index in [1.54, 1.807) is 0 Å². The van der Waals surface area contributed by atoms with E-state index < -0.39 is 5.60 Å². The third-order valence-electron chi connectivity index (χ3n) is 6.86. The Balaban J connectivity index is 1.47. The molecule has 3 unspecified atom stereocenters. The molecular formula is C26H42N2O3. The third-order valence-corrected chi connectivity index (χ3v) is 6.86. The Morgan fingerprint density at radius 1 is 1.13 bits per heavy atom. The smallest absolute Gasteiger partial charge is 0.256 e. The average molecular weight is 431 g/mol. The molecule has 1 saturated carbocycles. The fraction of sp³-hybridized carbons (Fsp3) is 0.731. The van der Waals surface area contributed by atoms with E-state index in [1.807, 2.05) is 24.3 Å². The average Bonchev–Trinajstić information content (AvgIpc) is 2.77. The van der Waals surface area contributed by atoms with E-state index in [2.05, 4.69) is 31.0 Å². The minimum absolute atomic E-state index is 0.00294. The van der Waals surface area contributed by atoms with Crippen LogP contribution < -0.4 is 10.1 Å². The first kappa shape index (κ1) is 24.1. The Bertz CT molecular complexity index is 678. The van der Waals surface area contributed by atoms with Gasteiger partial charge in [-0.1, -0.05) is 26.7 Å². The lowest BCUT2D eigenvalue weighted by atomic mass is 9.78. The minimum atomic E-state index is -0.686. The van der Waals surface area contributed by atoms with E-state index in [4.69, 9.17) is 9.47 Å². The normalized spacial score (nSPS) is 27.1. The highest BCUT2D eigenvalue weighted by Crippen LogP contribution is 2.36. The van der Waals surface area contributed by atoms with Crippen LogP contribution in [0.3, 0.4) is 0 Å². The van der Waals surface area contributed by atoms with Gasteiger partial charge in [0, 0.05) is 24.9 Å². The van der Waals surface area contributed by atoms with Gasteiger partial charge in [-0.25, -0.2) is 0 Å². The van der Waals surface area contributed by atoms with Crippen LogP contribution in [0.2, 0.25) is 0 Å². The van der Waals surface area contributed by atoms with Crippen molar-refractivity contribution >= 4 is 11.6 Å². The van der Waals surface area contributed by atoms with Crippen molar-refractivity contribution in [3.05, 3.63) is 24.3 Å². The number of piperidine rings is 1. The van der Waals surface area contributed by atoms with Crippen molar-refractivity contribution in [2.24, 2.45) is 5.92 Å². The van der Waals surface area contributed by atoms with Crippen molar-refractivity contribution < 1.29 is 14.3 Å². The molecule has 3 atom stereocenters. The van der Waals surface area contributed by atoms with Crippen LogP contribution in [0, 0.1) is 5.92 Å². The molecule has 2 aliphatic rings. The number of anilines is 1. The van der Waals surface area contributed by atoms with Crippen LogP contribution in [-0.4, -0.2) is 48.8 Å². The summed E-state index contributed by atoms with van der Waals surface area (Å²) in [6.45, 7) is 10.3. The van der Waals surface area contributed by atoms with Crippen LogP contribution >= 0.6 is 0 Å². The molecule has 1 heterocycles. The molecule has 1 amide bonds. The molecule has 174 valence electrons. The fourth-order valence-electron chi connectivity index (χ4n) is 5.03. The van der Waals surface area contributed by atoms with Gasteiger partial charge < -0.3 is 19.7 Å². The summed E-state index contributed by atoms with van der Waals surface area (Å²) in [6, 6.07) is 8.46. The topological polar surface area (TPSA) is 50.8 Å². The first-order valence-corrected chi connectivity index (χ1v) is 12.4. The van der Waals surface area contributed by atoms with Crippen molar-refractivity contribution in [3.63, 3.8) is 0 Å². The van der Waals surface area contributed by atoms with Gasteiger partial charge in [-0.3, -0.25) is 4.79 Å². The summed E-state index contributed by atoms with van der Waals surface area (Å²) in [6.07, 6.45) is 9.79. The number of amides is 1. The van der Waals surface area contributed by atoms with Crippen molar-refractivity contribution in [2.75, 3.05) is 31.6 Å². The number of hydrogen-bond acceptors (Lipinski definition) is 4. The zero-order valence-electron chi connectivity index (χ0n) is 19.8. The molecule has 1 N–H and O–H groups in total. The molecule has 0 bridgehead atoms. The van der Waals surface area contributed by atoms with Crippen molar-refractivity contribution in [1.82, 2.24) is 4.90 Å². The van der Waals surface area contributed by atoms with Gasteiger partial charge in [0.1, 0.15) is 11.4 Å². The molecular weight excluding hydrogens is 388 g/mol. The van der Waals surface area contributed by atoms with Gasteiger partial charge in [0.25, 0.3) is 5.91 Å².